The van der Waals surface area contributed by atoms with Crippen LogP contribution < -0.4 is 59.7 Å². The third-order valence-corrected chi connectivity index (χ3v) is 9.80. The van der Waals surface area contributed by atoms with Crippen molar-refractivity contribution in [3.63, 3.8) is 0 Å². The van der Waals surface area contributed by atoms with Crippen molar-refractivity contribution in [1.82, 2.24) is 42.5 Å². The number of rotatable bonds is 33. The number of aliphatic hydroxyl groups excluding tert-OH is 1. The molecule has 0 heterocycles. The van der Waals surface area contributed by atoms with Gasteiger partial charge in [0.05, 0.1) is 19.1 Å². The number of nitrogens with two attached hydrogens (primary N) is 3. The molecule has 27 nitrogen and oxygen atoms in total. The molecule has 0 fully saturated rings. The van der Waals surface area contributed by atoms with Crippen molar-refractivity contribution in [2.24, 2.45) is 29.0 Å². The van der Waals surface area contributed by atoms with E-state index in [2.05, 4.69) is 42.5 Å². The Morgan fingerprint density at radius 1 is 0.493 bits per heavy atom. The summed E-state index contributed by atoms with van der Waals surface area (Å²) in [7, 11) is 0. The summed E-state index contributed by atoms with van der Waals surface area (Å²) in [5.74, 6) is -14.2. The van der Waals surface area contributed by atoms with E-state index in [-0.39, 0.29) is 18.8 Å². The molecule has 0 aliphatic carbocycles. The normalized spacial score (nSPS) is 15.1. The topological polar surface area (TPSA) is 460 Å². The van der Waals surface area contributed by atoms with Gasteiger partial charge in [0.1, 0.15) is 48.3 Å². The number of primary amides is 1. The maximum atomic E-state index is 13.6. The van der Waals surface area contributed by atoms with E-state index in [1.165, 1.54) is 13.8 Å². The lowest BCUT2D eigenvalue weighted by atomic mass is 10.0. The van der Waals surface area contributed by atoms with Crippen molar-refractivity contribution in [2.75, 3.05) is 13.2 Å². The van der Waals surface area contributed by atoms with Crippen LogP contribution in [0.1, 0.15) is 99.3 Å². The van der Waals surface area contributed by atoms with Crippen molar-refractivity contribution in [2.45, 2.75) is 154 Å². The lowest BCUT2D eigenvalue weighted by molar-refractivity contribution is -0.144. The van der Waals surface area contributed by atoms with E-state index < -0.39 is 170 Å². The number of carboxylic acids is 3. The van der Waals surface area contributed by atoms with Gasteiger partial charge in [-0.1, -0.05) is 34.1 Å². The van der Waals surface area contributed by atoms with Gasteiger partial charge in [-0.25, -0.2) is 4.79 Å². The highest BCUT2D eigenvalue weighted by molar-refractivity contribution is 5.99. The van der Waals surface area contributed by atoms with Gasteiger partial charge >= 0.3 is 17.9 Å². The Balaban J connectivity index is 5.99. The predicted molar refractivity (Wildman–Crippen MR) is 234 cm³/mol. The molecule has 0 aromatic rings. The summed E-state index contributed by atoms with van der Waals surface area (Å²) in [4.78, 5) is 152. The molecule has 67 heavy (non-hydrogen) atoms. The first kappa shape index (κ1) is 60.5. The molecule has 0 aliphatic rings. The van der Waals surface area contributed by atoms with Gasteiger partial charge in [0, 0.05) is 12.8 Å². The highest BCUT2D eigenvalue weighted by Crippen LogP contribution is 2.10. The Bertz CT molecular complexity index is 1760. The zero-order valence-corrected chi connectivity index (χ0v) is 38.5. The van der Waals surface area contributed by atoms with E-state index in [0.717, 1.165) is 13.8 Å². The zero-order valence-electron chi connectivity index (χ0n) is 38.5. The summed E-state index contributed by atoms with van der Waals surface area (Å²) in [5.41, 5.74) is 16.8. The van der Waals surface area contributed by atoms with Crippen LogP contribution in [0.4, 0.5) is 0 Å². The minimum atomic E-state index is -1.91. The molecular weight excluding hydrogens is 891 g/mol. The Hall–Kier alpha value is -6.48. The molecule has 0 aromatic carbocycles. The monoisotopic (exact) mass is 959 g/mol. The van der Waals surface area contributed by atoms with E-state index in [4.69, 9.17) is 22.3 Å². The molecule has 0 saturated heterocycles. The van der Waals surface area contributed by atoms with Crippen molar-refractivity contribution in [3.8, 4) is 0 Å². The maximum absolute atomic E-state index is 13.6. The van der Waals surface area contributed by atoms with Gasteiger partial charge in [-0.2, -0.15) is 0 Å². The second-order valence-corrected chi connectivity index (χ2v) is 16.6. The van der Waals surface area contributed by atoms with Crippen LogP contribution in [-0.2, 0) is 57.5 Å². The molecule has 0 bridgehead atoms. The first-order chi connectivity index (χ1) is 31.1. The minimum absolute atomic E-state index is 0.0850. The molecule has 0 spiro atoms. The van der Waals surface area contributed by atoms with Crippen LogP contribution in [0.2, 0.25) is 0 Å². The summed E-state index contributed by atoms with van der Waals surface area (Å²) in [6.07, 6.45) is -1.51. The molecule has 27 heteroatoms. The van der Waals surface area contributed by atoms with Gasteiger partial charge in [0.25, 0.3) is 0 Å². The van der Waals surface area contributed by atoms with Crippen LogP contribution in [0.15, 0.2) is 0 Å². The molecule has 18 N–H and O–H groups in total. The molecule has 0 saturated carbocycles. The number of hydrogen-bond acceptors (Lipinski definition) is 15. The Morgan fingerprint density at radius 2 is 0.925 bits per heavy atom. The largest absolute Gasteiger partial charge is 0.481 e. The number of aliphatic carboxylic acids is 3. The molecule has 9 atom stereocenters. The van der Waals surface area contributed by atoms with Crippen molar-refractivity contribution >= 4 is 71.1 Å². The summed E-state index contributed by atoms with van der Waals surface area (Å²) in [5, 5.41) is 56.1. The third-order valence-electron chi connectivity index (χ3n) is 9.80. The van der Waals surface area contributed by atoms with Gasteiger partial charge in [0.2, 0.25) is 53.2 Å². The van der Waals surface area contributed by atoms with E-state index in [0.29, 0.717) is 19.4 Å². The quantitative estimate of drug-likeness (QED) is 0.0273. The molecule has 0 unspecified atom stereocenters. The second kappa shape index (κ2) is 30.7. The van der Waals surface area contributed by atoms with Gasteiger partial charge in [-0.3, -0.25) is 52.7 Å². The van der Waals surface area contributed by atoms with E-state index in [9.17, 15) is 72.9 Å². The summed E-state index contributed by atoms with van der Waals surface area (Å²) in [6, 6.07) is -13.5. The molecule has 0 aliphatic heterocycles. The predicted octanol–water partition coefficient (Wildman–Crippen LogP) is -5.26. The standard InChI is InChI=1S/C40H69N11O16/c1-18(2)15-25(48-34(60)22(42)9-7-8-14-41)38(64)47-23(10-12-28(43)53)35(61)49-26(16-30(56)57)37(63)44-21(6)33(59)50-27(17-52)39(65)45-20(5)32(58)46-24(11-13-29(54)55)36(62)51-31(19(3)4)40(66)67/h18-27,31,52H,7-17,41-42H2,1-6H3,(H2,43,53)(H,44,63)(H,45,65)(H,46,58)(H,47,64)(H,48,60)(H,49,61)(H,50,59)(H,51,62)(H,54,55)(H,56,57)(H,66,67)/t20-,21-,22-,23-,24-,25-,26-,27-,31-/m0/s1. The van der Waals surface area contributed by atoms with Gasteiger partial charge in [-0.05, 0) is 64.3 Å². The van der Waals surface area contributed by atoms with Crippen LogP contribution in [0.5, 0.6) is 0 Å². The average molecular weight is 960 g/mol. The average Bonchev–Trinajstić information content (AvgIpc) is 3.22. The molecule has 0 rings (SSSR count). The Morgan fingerprint density at radius 3 is 1.37 bits per heavy atom. The van der Waals surface area contributed by atoms with Crippen LogP contribution in [0, 0.1) is 11.8 Å². The van der Waals surface area contributed by atoms with Crippen LogP contribution >= 0.6 is 0 Å². The fourth-order valence-electron chi connectivity index (χ4n) is 5.96. The summed E-state index contributed by atoms with van der Waals surface area (Å²) in [6.45, 7) is 8.06. The fraction of sp³-hybridized carbons (Fsp3) is 0.700. The number of carboxylic acid groups (broad SMARTS) is 3. The lowest BCUT2D eigenvalue weighted by Crippen LogP contribution is -2.60. The van der Waals surface area contributed by atoms with Crippen molar-refractivity contribution < 1.29 is 78.0 Å². The Kier molecular flexibility index (Phi) is 27.7. The van der Waals surface area contributed by atoms with Gasteiger partial charge in [0.15, 0.2) is 0 Å². The van der Waals surface area contributed by atoms with Gasteiger partial charge < -0.3 is 80.2 Å². The zero-order chi connectivity index (χ0) is 51.7. The summed E-state index contributed by atoms with van der Waals surface area (Å²) >= 11 is 0. The van der Waals surface area contributed by atoms with Crippen LogP contribution in [0.3, 0.4) is 0 Å². The van der Waals surface area contributed by atoms with Crippen molar-refractivity contribution in [1.29, 1.82) is 0 Å². The number of aliphatic hydroxyl groups is 1. The number of nitrogens with one attached hydrogen (secondary N) is 8. The van der Waals surface area contributed by atoms with Crippen LogP contribution in [-0.4, -0.2) is 159 Å². The number of unbranched alkanes of at least 4 members (excludes halogenated alkanes) is 1. The first-order valence-electron chi connectivity index (χ1n) is 21.6. The fourth-order valence-corrected chi connectivity index (χ4v) is 5.96. The first-order valence-corrected chi connectivity index (χ1v) is 21.6. The number of carbonyl (C=O) groups is 12. The maximum Gasteiger partial charge on any atom is 0.326 e. The Labute approximate surface area is 387 Å². The molecule has 0 aromatic heterocycles. The van der Waals surface area contributed by atoms with E-state index >= 15 is 0 Å². The molecule has 9 amide bonds. The number of carbonyl (C=O) groups excluding carboxylic acids is 9. The highest BCUT2D eigenvalue weighted by atomic mass is 16.4. The van der Waals surface area contributed by atoms with E-state index in [1.807, 2.05) is 0 Å². The summed E-state index contributed by atoms with van der Waals surface area (Å²) < 4.78 is 0. The van der Waals surface area contributed by atoms with Gasteiger partial charge in [-0.15, -0.1) is 0 Å². The van der Waals surface area contributed by atoms with Crippen molar-refractivity contribution in [3.05, 3.63) is 0 Å². The minimum Gasteiger partial charge on any atom is -0.481 e. The second-order valence-electron chi connectivity index (χ2n) is 16.6. The third kappa shape index (κ3) is 24.0. The molecule has 0 radical (unpaired) electrons. The molecular formula is C40H69N11O16. The molecule has 380 valence electrons. The number of amides is 9. The lowest BCUT2D eigenvalue weighted by Gasteiger charge is -2.27. The SMILES string of the molecule is CC(C)C[C@H](NC(=O)[C@@H](N)CCCCN)C(=O)N[C@@H](CCC(N)=O)C(=O)N[C@@H](CC(=O)O)C(=O)N[C@@H](C)C(=O)N[C@@H](CO)C(=O)N[C@@H](C)C(=O)N[C@@H](CCC(=O)O)C(=O)N[C@H](C(=O)O)C(C)C. The smallest absolute Gasteiger partial charge is 0.326 e. The van der Waals surface area contributed by atoms with Crippen LogP contribution in [0.25, 0.3) is 0 Å². The van der Waals surface area contributed by atoms with E-state index in [1.54, 1.807) is 13.8 Å². The number of hydrogen-bond donors (Lipinski definition) is 15. The highest BCUT2D eigenvalue weighted by Gasteiger charge is 2.35.